The third kappa shape index (κ3) is 4.30. The summed E-state index contributed by atoms with van der Waals surface area (Å²) in [5.41, 5.74) is 0.814. The predicted octanol–water partition coefficient (Wildman–Crippen LogP) is 1.33. The van der Waals surface area contributed by atoms with Gasteiger partial charge >= 0.3 is 0 Å². The Labute approximate surface area is 119 Å². The van der Waals surface area contributed by atoms with E-state index in [9.17, 15) is 9.90 Å². The van der Waals surface area contributed by atoms with Crippen LogP contribution in [0.5, 0.6) is 0 Å². The van der Waals surface area contributed by atoms with Gasteiger partial charge in [0.25, 0.3) is 0 Å². The van der Waals surface area contributed by atoms with Crippen molar-refractivity contribution < 1.29 is 19.4 Å². The number of hydrogen-bond donors (Lipinski definition) is 1. The average Bonchev–Trinajstić information content (AvgIpc) is 2.98. The average molecular weight is 279 g/mol. The molecule has 1 aromatic rings. The van der Waals surface area contributed by atoms with Gasteiger partial charge in [-0.05, 0) is 5.56 Å². The van der Waals surface area contributed by atoms with Crippen molar-refractivity contribution in [3.63, 3.8) is 0 Å². The molecule has 0 bridgehead atoms. The molecule has 1 heterocycles. The molecule has 5 nitrogen and oxygen atoms in total. The number of likely N-dealkylation sites (N-methyl/N-ethyl adjacent to an activating group) is 1. The van der Waals surface area contributed by atoms with E-state index < -0.39 is 6.10 Å². The Morgan fingerprint density at radius 3 is 2.65 bits per heavy atom. The lowest BCUT2D eigenvalue weighted by molar-refractivity contribution is -0.133. The maximum absolute atomic E-state index is 12.0. The van der Waals surface area contributed by atoms with Crippen molar-refractivity contribution >= 4 is 5.91 Å². The minimum atomic E-state index is -0.663. The maximum atomic E-state index is 12.0. The van der Waals surface area contributed by atoms with Crippen molar-refractivity contribution in [1.82, 2.24) is 4.90 Å². The number of rotatable bonds is 6. The van der Waals surface area contributed by atoms with Gasteiger partial charge in [-0.2, -0.15) is 0 Å². The Hall–Kier alpha value is -1.43. The quantitative estimate of drug-likeness (QED) is 0.853. The highest BCUT2D eigenvalue weighted by Crippen LogP contribution is 2.15. The Balaban J connectivity index is 1.75. The molecular formula is C15H21NO4. The second-order valence-electron chi connectivity index (χ2n) is 4.91. The topological polar surface area (TPSA) is 59.0 Å². The van der Waals surface area contributed by atoms with Crippen LogP contribution in [0.4, 0.5) is 0 Å². The Morgan fingerprint density at radius 2 is 2.00 bits per heavy atom. The van der Waals surface area contributed by atoms with Crippen LogP contribution >= 0.6 is 0 Å². The molecule has 1 aliphatic rings. The first-order valence-corrected chi connectivity index (χ1v) is 6.87. The summed E-state index contributed by atoms with van der Waals surface area (Å²) in [6, 6.07) is 9.34. The van der Waals surface area contributed by atoms with Crippen molar-refractivity contribution in [1.29, 1.82) is 0 Å². The number of carbonyl (C=O) groups excluding carboxylic acids is 1. The Kier molecular flexibility index (Phi) is 5.52. The lowest BCUT2D eigenvalue weighted by Crippen LogP contribution is -2.31. The van der Waals surface area contributed by atoms with Crippen molar-refractivity contribution in [2.24, 2.45) is 0 Å². The fraction of sp³-hybridized carbons (Fsp3) is 0.533. The number of aliphatic hydroxyl groups excluding tert-OH is 1. The van der Waals surface area contributed by atoms with Gasteiger partial charge in [0.1, 0.15) is 0 Å². The molecule has 0 aromatic heterocycles. The highest BCUT2D eigenvalue weighted by atomic mass is 16.7. The van der Waals surface area contributed by atoms with Crippen LogP contribution < -0.4 is 0 Å². The molecule has 1 amide bonds. The van der Waals surface area contributed by atoms with Crippen LogP contribution in [0.3, 0.4) is 0 Å². The molecule has 0 radical (unpaired) electrons. The van der Waals surface area contributed by atoms with Crippen LogP contribution in [0.1, 0.15) is 24.5 Å². The molecule has 0 aliphatic carbocycles. The number of aliphatic hydroxyl groups is 1. The first kappa shape index (κ1) is 15.0. The van der Waals surface area contributed by atoms with E-state index in [4.69, 9.17) is 9.47 Å². The van der Waals surface area contributed by atoms with Crippen LogP contribution in [-0.2, 0) is 14.3 Å². The summed E-state index contributed by atoms with van der Waals surface area (Å²) in [4.78, 5) is 13.5. The molecule has 2 rings (SSSR count). The van der Waals surface area contributed by atoms with E-state index in [1.165, 1.54) is 0 Å². The van der Waals surface area contributed by atoms with E-state index in [1.807, 2.05) is 30.3 Å². The largest absolute Gasteiger partial charge is 0.387 e. The standard InChI is InChI=1S/C15H21NO4/c1-16(11-13(17)12-5-3-2-4-6-12)14(18)7-8-15-19-9-10-20-15/h2-6,13,15,17H,7-11H2,1H3. The van der Waals surface area contributed by atoms with Crippen molar-refractivity contribution in [3.05, 3.63) is 35.9 Å². The second kappa shape index (κ2) is 7.38. The first-order chi connectivity index (χ1) is 9.66. The molecule has 1 saturated heterocycles. The van der Waals surface area contributed by atoms with Crippen LogP contribution in [0.15, 0.2) is 30.3 Å². The number of hydrogen-bond acceptors (Lipinski definition) is 4. The predicted molar refractivity (Wildman–Crippen MR) is 74.0 cm³/mol. The zero-order valence-corrected chi connectivity index (χ0v) is 11.7. The van der Waals surface area contributed by atoms with Gasteiger partial charge < -0.3 is 19.5 Å². The summed E-state index contributed by atoms with van der Waals surface area (Å²) in [6.07, 6.45) is 0.00308. The molecule has 5 heteroatoms. The number of ether oxygens (including phenoxy) is 2. The fourth-order valence-corrected chi connectivity index (χ4v) is 2.15. The van der Waals surface area contributed by atoms with E-state index in [-0.39, 0.29) is 18.7 Å². The van der Waals surface area contributed by atoms with E-state index in [2.05, 4.69) is 0 Å². The van der Waals surface area contributed by atoms with Gasteiger partial charge in [0, 0.05) is 19.9 Å². The third-order valence-electron chi connectivity index (χ3n) is 3.34. The highest BCUT2D eigenvalue weighted by Gasteiger charge is 2.20. The lowest BCUT2D eigenvalue weighted by Gasteiger charge is -2.21. The fourth-order valence-electron chi connectivity index (χ4n) is 2.15. The van der Waals surface area contributed by atoms with Crippen molar-refractivity contribution in [2.45, 2.75) is 25.2 Å². The Morgan fingerprint density at radius 1 is 1.35 bits per heavy atom. The maximum Gasteiger partial charge on any atom is 0.222 e. The highest BCUT2D eigenvalue weighted by molar-refractivity contribution is 5.75. The number of benzene rings is 1. The summed E-state index contributed by atoms with van der Waals surface area (Å²) < 4.78 is 10.6. The van der Waals surface area contributed by atoms with E-state index in [0.717, 1.165) is 5.56 Å². The molecule has 110 valence electrons. The molecule has 1 atom stereocenters. The van der Waals surface area contributed by atoms with E-state index >= 15 is 0 Å². The summed E-state index contributed by atoms with van der Waals surface area (Å²) in [5, 5.41) is 10.1. The zero-order chi connectivity index (χ0) is 14.4. The molecule has 1 unspecified atom stereocenters. The van der Waals surface area contributed by atoms with Crippen molar-refractivity contribution in [3.8, 4) is 0 Å². The number of amides is 1. The lowest BCUT2D eigenvalue weighted by atomic mass is 10.1. The van der Waals surface area contributed by atoms with Crippen molar-refractivity contribution in [2.75, 3.05) is 26.8 Å². The minimum absolute atomic E-state index is 0.0147. The summed E-state index contributed by atoms with van der Waals surface area (Å²) in [6.45, 7) is 1.48. The van der Waals surface area contributed by atoms with E-state index in [1.54, 1.807) is 11.9 Å². The molecule has 1 aliphatic heterocycles. The van der Waals surface area contributed by atoms with Gasteiger partial charge in [-0.15, -0.1) is 0 Å². The molecule has 1 fully saturated rings. The molecule has 0 saturated carbocycles. The number of nitrogens with zero attached hydrogens (tertiary/aromatic N) is 1. The molecule has 0 spiro atoms. The van der Waals surface area contributed by atoms with Gasteiger partial charge in [-0.1, -0.05) is 30.3 Å². The van der Waals surface area contributed by atoms with Crippen LogP contribution in [0.2, 0.25) is 0 Å². The smallest absolute Gasteiger partial charge is 0.222 e. The van der Waals surface area contributed by atoms with Gasteiger partial charge in [-0.25, -0.2) is 0 Å². The first-order valence-electron chi connectivity index (χ1n) is 6.87. The van der Waals surface area contributed by atoms with Crippen LogP contribution in [0, 0.1) is 0 Å². The summed E-state index contributed by atoms with van der Waals surface area (Å²) >= 11 is 0. The van der Waals surface area contributed by atoms with Gasteiger partial charge in [0.05, 0.1) is 25.9 Å². The summed E-state index contributed by atoms with van der Waals surface area (Å²) in [7, 11) is 1.70. The van der Waals surface area contributed by atoms with Crippen LogP contribution in [-0.4, -0.2) is 49.0 Å². The molecule has 1 N–H and O–H groups in total. The van der Waals surface area contributed by atoms with Gasteiger partial charge in [0.15, 0.2) is 6.29 Å². The molecule has 20 heavy (non-hydrogen) atoms. The SMILES string of the molecule is CN(CC(O)c1ccccc1)C(=O)CCC1OCCO1. The number of carbonyl (C=O) groups is 1. The zero-order valence-electron chi connectivity index (χ0n) is 11.7. The molecule has 1 aromatic carbocycles. The van der Waals surface area contributed by atoms with Crippen LogP contribution in [0.25, 0.3) is 0 Å². The van der Waals surface area contributed by atoms with Gasteiger partial charge in [0.2, 0.25) is 5.91 Å². The van der Waals surface area contributed by atoms with E-state index in [0.29, 0.717) is 26.1 Å². The normalized spacial score (nSPS) is 17.1. The monoisotopic (exact) mass is 279 g/mol. The Bertz CT molecular complexity index is 417. The van der Waals surface area contributed by atoms with Gasteiger partial charge in [-0.3, -0.25) is 4.79 Å². The molecular weight excluding hydrogens is 258 g/mol. The third-order valence-corrected chi connectivity index (χ3v) is 3.34. The summed E-state index contributed by atoms with van der Waals surface area (Å²) in [5.74, 6) is -0.0147. The minimum Gasteiger partial charge on any atom is -0.387 e. The second-order valence-corrected chi connectivity index (χ2v) is 4.91.